The highest BCUT2D eigenvalue weighted by atomic mass is 16.3. The largest absolute Gasteiger partial charge is 0.392 e. The van der Waals surface area contributed by atoms with Gasteiger partial charge in [-0.1, -0.05) is 48.9 Å². The molecule has 39 heavy (non-hydrogen) atoms. The van der Waals surface area contributed by atoms with Crippen LogP contribution in [0.4, 0.5) is 0 Å². The van der Waals surface area contributed by atoms with Gasteiger partial charge < -0.3 is 30.7 Å². The van der Waals surface area contributed by atoms with E-state index >= 15 is 0 Å². The molecule has 1 aliphatic heterocycles. The first-order valence-electron chi connectivity index (χ1n) is 14.2. The number of para-hydroxylation sites is 1. The summed E-state index contributed by atoms with van der Waals surface area (Å²) in [5.74, 6) is -1.16. The lowest BCUT2D eigenvalue weighted by Gasteiger charge is -2.49. The van der Waals surface area contributed by atoms with E-state index in [0.717, 1.165) is 27.6 Å². The van der Waals surface area contributed by atoms with Crippen molar-refractivity contribution in [3.63, 3.8) is 0 Å². The lowest BCUT2D eigenvalue weighted by molar-refractivity contribution is -0.146. The highest BCUT2D eigenvalue weighted by Crippen LogP contribution is 2.57. The second-order valence-electron chi connectivity index (χ2n) is 12.0. The Kier molecular flexibility index (Phi) is 7.63. The van der Waals surface area contributed by atoms with Crippen LogP contribution in [0.1, 0.15) is 52.5 Å². The molecule has 1 aromatic heterocycles. The van der Waals surface area contributed by atoms with Crippen molar-refractivity contribution in [3.8, 4) is 0 Å². The Bertz CT molecular complexity index is 1320. The van der Waals surface area contributed by atoms with Crippen LogP contribution in [0.5, 0.6) is 0 Å². The Morgan fingerprint density at radius 1 is 1.00 bits per heavy atom. The molecule has 7 heteroatoms. The minimum absolute atomic E-state index is 0.0895. The number of nitrogens with one attached hydrogen (secondary N) is 2. The number of hydrogen-bond acceptors (Lipinski definition) is 5. The molecule has 2 heterocycles. The molecule has 1 fully saturated rings. The molecule has 1 saturated heterocycles. The molecule has 9 atom stereocenters. The number of aliphatic hydroxyl groups excluding tert-OH is 4. The highest BCUT2D eigenvalue weighted by molar-refractivity contribution is 5.89. The minimum Gasteiger partial charge on any atom is -0.392 e. The number of carbonyl (C=O) groups is 1. The summed E-state index contributed by atoms with van der Waals surface area (Å²) in [6, 6.07) is 7.79. The van der Waals surface area contributed by atoms with Crippen LogP contribution in [-0.2, 0) is 11.2 Å². The SMILES string of the molecule is CC1=C(C)[C@@H](O)[C@@H]2/C=C/C[C@H](C)/C=C(\C)[C@H](O)[C@H](O)CC[C@H](O)[C@]23C(=O)N[C@@H](Cc2c[nH]c4ccccc24)C13. The van der Waals surface area contributed by atoms with Gasteiger partial charge in [-0.25, -0.2) is 0 Å². The predicted molar refractivity (Wildman–Crippen MR) is 152 cm³/mol. The van der Waals surface area contributed by atoms with E-state index in [0.29, 0.717) is 18.4 Å². The Hall–Kier alpha value is -2.71. The van der Waals surface area contributed by atoms with E-state index in [9.17, 15) is 25.2 Å². The molecule has 6 N–H and O–H groups in total. The quantitative estimate of drug-likeness (QED) is 0.329. The van der Waals surface area contributed by atoms with E-state index in [1.807, 2.05) is 63.4 Å². The van der Waals surface area contributed by atoms with Crippen molar-refractivity contribution in [2.24, 2.45) is 23.2 Å². The van der Waals surface area contributed by atoms with Gasteiger partial charge in [0.05, 0.1) is 23.7 Å². The van der Waals surface area contributed by atoms with Gasteiger partial charge in [-0.3, -0.25) is 4.79 Å². The molecule has 1 spiro atoms. The van der Waals surface area contributed by atoms with E-state index in [-0.39, 0.29) is 36.6 Å². The topological polar surface area (TPSA) is 126 Å². The standard InChI is InChI=1S/C32H42N2O5/c1-17-8-7-10-23-30(38)20(4)19(3)28-25(15-21-16-33-24-11-6-5-9-22(21)24)34-31(39)32(23,28)27(36)13-12-26(35)29(37)18(2)14-17/h5-7,9-11,14,16-17,23,25-30,33,35-38H,8,12-13,15H2,1-4H3,(H,34,39)/b10-7+,18-14+/t17-,23-,25-,26+,27-,28?,29-,30+,32+/m0/s1. The minimum atomic E-state index is -1.30. The number of H-pyrrole nitrogens is 1. The van der Waals surface area contributed by atoms with Crippen molar-refractivity contribution < 1.29 is 25.2 Å². The fourth-order valence-electron chi connectivity index (χ4n) is 7.51. The number of rotatable bonds is 2. The van der Waals surface area contributed by atoms with Crippen molar-refractivity contribution >= 4 is 16.8 Å². The molecule has 1 unspecified atom stereocenters. The van der Waals surface area contributed by atoms with Crippen molar-refractivity contribution in [3.05, 3.63) is 71.0 Å². The van der Waals surface area contributed by atoms with Crippen LogP contribution in [0.3, 0.4) is 0 Å². The van der Waals surface area contributed by atoms with E-state index in [1.165, 1.54) is 0 Å². The van der Waals surface area contributed by atoms with Crippen LogP contribution in [-0.4, -0.2) is 61.8 Å². The molecule has 0 bridgehead atoms. The van der Waals surface area contributed by atoms with Crippen molar-refractivity contribution in [1.82, 2.24) is 10.3 Å². The van der Waals surface area contributed by atoms with Crippen molar-refractivity contribution in [2.75, 3.05) is 0 Å². The van der Waals surface area contributed by atoms with Crippen LogP contribution >= 0.6 is 0 Å². The molecule has 3 aliphatic rings. The summed E-state index contributed by atoms with van der Waals surface area (Å²) >= 11 is 0. The smallest absolute Gasteiger partial charge is 0.230 e. The lowest BCUT2D eigenvalue weighted by Crippen LogP contribution is -2.57. The summed E-state index contributed by atoms with van der Waals surface area (Å²) in [7, 11) is 0. The summed E-state index contributed by atoms with van der Waals surface area (Å²) in [5.41, 5.74) is 3.26. The molecule has 0 saturated carbocycles. The molecular formula is C32H42N2O5. The van der Waals surface area contributed by atoms with Gasteiger partial charge in [-0.2, -0.15) is 0 Å². The summed E-state index contributed by atoms with van der Waals surface area (Å²) in [5, 5.41) is 49.3. The number of aromatic amines is 1. The number of fused-ring (bicyclic) bond motifs is 1. The van der Waals surface area contributed by atoms with Gasteiger partial charge in [0.2, 0.25) is 5.91 Å². The van der Waals surface area contributed by atoms with Gasteiger partial charge in [0.1, 0.15) is 6.10 Å². The maximum absolute atomic E-state index is 14.2. The molecule has 210 valence electrons. The monoisotopic (exact) mass is 534 g/mol. The Labute approximate surface area is 230 Å². The van der Waals surface area contributed by atoms with Gasteiger partial charge >= 0.3 is 0 Å². The molecule has 1 aromatic carbocycles. The Balaban J connectivity index is 1.60. The first-order chi connectivity index (χ1) is 18.6. The highest BCUT2D eigenvalue weighted by Gasteiger charge is 2.66. The summed E-state index contributed by atoms with van der Waals surface area (Å²) in [4.78, 5) is 17.5. The summed E-state index contributed by atoms with van der Waals surface area (Å²) in [6.07, 6.45) is 5.16. The average molecular weight is 535 g/mol. The number of aliphatic hydroxyl groups is 4. The van der Waals surface area contributed by atoms with Crippen LogP contribution in [0.2, 0.25) is 0 Å². The number of carbonyl (C=O) groups excluding carboxylic acids is 1. The van der Waals surface area contributed by atoms with Crippen LogP contribution in [0.25, 0.3) is 10.9 Å². The fraction of sp³-hybridized carbons (Fsp3) is 0.531. The summed E-state index contributed by atoms with van der Waals surface area (Å²) in [6.45, 7) is 7.73. The molecule has 2 aliphatic carbocycles. The second-order valence-corrected chi connectivity index (χ2v) is 12.0. The normalized spacial score (nSPS) is 40.0. The van der Waals surface area contributed by atoms with Gasteiger partial charge in [0.25, 0.3) is 0 Å². The molecule has 7 nitrogen and oxygen atoms in total. The van der Waals surface area contributed by atoms with E-state index < -0.39 is 35.7 Å². The van der Waals surface area contributed by atoms with Crippen molar-refractivity contribution in [2.45, 2.75) is 83.8 Å². The lowest BCUT2D eigenvalue weighted by atomic mass is 9.54. The number of allylic oxidation sites excluding steroid dienone is 2. The maximum Gasteiger partial charge on any atom is 0.230 e. The van der Waals surface area contributed by atoms with Gasteiger partial charge in [0.15, 0.2) is 0 Å². The number of hydrogen-bond donors (Lipinski definition) is 6. The molecule has 0 radical (unpaired) electrons. The third kappa shape index (κ3) is 4.59. The summed E-state index contributed by atoms with van der Waals surface area (Å²) < 4.78 is 0. The number of amides is 1. The van der Waals surface area contributed by atoms with Crippen molar-refractivity contribution in [1.29, 1.82) is 0 Å². The molecule has 2 aromatic rings. The molecular weight excluding hydrogens is 492 g/mol. The molecule has 1 amide bonds. The zero-order valence-corrected chi connectivity index (χ0v) is 23.3. The predicted octanol–water partition coefficient (Wildman–Crippen LogP) is 3.54. The van der Waals surface area contributed by atoms with E-state index in [4.69, 9.17) is 0 Å². The average Bonchev–Trinajstić information content (AvgIpc) is 3.45. The Morgan fingerprint density at radius 2 is 1.74 bits per heavy atom. The number of aromatic nitrogens is 1. The second kappa shape index (κ2) is 10.7. The van der Waals surface area contributed by atoms with E-state index in [2.05, 4.69) is 16.4 Å². The van der Waals surface area contributed by atoms with Crippen LogP contribution < -0.4 is 5.32 Å². The zero-order valence-electron chi connectivity index (χ0n) is 23.3. The first kappa shape index (κ1) is 27.8. The third-order valence-electron chi connectivity index (χ3n) is 9.68. The maximum atomic E-state index is 14.2. The Morgan fingerprint density at radius 3 is 2.51 bits per heavy atom. The van der Waals surface area contributed by atoms with Gasteiger partial charge in [-0.05, 0) is 75.1 Å². The van der Waals surface area contributed by atoms with Crippen LogP contribution in [0, 0.1) is 23.2 Å². The number of benzene rings is 1. The van der Waals surface area contributed by atoms with Gasteiger partial charge in [0, 0.05) is 35.0 Å². The fourth-order valence-corrected chi connectivity index (χ4v) is 7.51. The van der Waals surface area contributed by atoms with Crippen LogP contribution in [0.15, 0.2) is 65.4 Å². The van der Waals surface area contributed by atoms with E-state index in [1.54, 1.807) is 6.92 Å². The molecule has 5 rings (SSSR count). The zero-order chi connectivity index (χ0) is 28.1. The third-order valence-corrected chi connectivity index (χ3v) is 9.68. The van der Waals surface area contributed by atoms with Gasteiger partial charge in [-0.15, -0.1) is 0 Å². The first-order valence-corrected chi connectivity index (χ1v) is 14.2.